The molecule has 0 saturated heterocycles. The van der Waals surface area contributed by atoms with Gasteiger partial charge in [0.2, 0.25) is 5.91 Å². The lowest BCUT2D eigenvalue weighted by Gasteiger charge is -2.12. The Hall–Kier alpha value is -1.39. The van der Waals surface area contributed by atoms with E-state index in [1.165, 1.54) is 7.11 Å². The van der Waals surface area contributed by atoms with Crippen LogP contribution in [0.3, 0.4) is 0 Å². The second kappa shape index (κ2) is 6.16. The van der Waals surface area contributed by atoms with Gasteiger partial charge in [0, 0.05) is 6.54 Å². The second-order valence-corrected chi connectivity index (χ2v) is 3.25. The van der Waals surface area contributed by atoms with Gasteiger partial charge in [-0.05, 0) is 12.5 Å². The first-order valence-corrected chi connectivity index (χ1v) is 4.84. The molecule has 0 aliphatic rings. The number of benzene rings is 1. The van der Waals surface area contributed by atoms with E-state index >= 15 is 0 Å². The van der Waals surface area contributed by atoms with Gasteiger partial charge in [-0.15, -0.1) is 0 Å². The number of hydrogen-bond donors (Lipinski definition) is 2. The van der Waals surface area contributed by atoms with Crippen LogP contribution in [-0.2, 0) is 16.2 Å². The summed E-state index contributed by atoms with van der Waals surface area (Å²) in [5, 5.41) is 2.80. The maximum atomic E-state index is 11.5. The smallest absolute Gasteiger partial charge is 0.239 e. The highest BCUT2D eigenvalue weighted by molar-refractivity contribution is 5.81. The van der Waals surface area contributed by atoms with Gasteiger partial charge >= 0.3 is 0 Å². The van der Waals surface area contributed by atoms with Crippen molar-refractivity contribution in [2.45, 2.75) is 19.5 Å². The van der Waals surface area contributed by atoms with Crippen molar-refractivity contribution < 1.29 is 9.63 Å². The normalized spacial score (nSPS) is 12.1. The first-order valence-electron chi connectivity index (χ1n) is 4.84. The van der Waals surface area contributed by atoms with Gasteiger partial charge < -0.3 is 10.2 Å². The maximum Gasteiger partial charge on any atom is 0.239 e. The Balaban J connectivity index is 2.34. The third-order valence-electron chi connectivity index (χ3n) is 2.00. The average molecular weight is 208 g/mol. The van der Waals surface area contributed by atoms with Gasteiger partial charge in [-0.2, -0.15) is 5.48 Å². The Morgan fingerprint density at radius 1 is 1.40 bits per heavy atom. The van der Waals surface area contributed by atoms with Crippen LogP contribution in [0.4, 0.5) is 0 Å². The van der Waals surface area contributed by atoms with Crippen LogP contribution in [0.2, 0.25) is 0 Å². The number of hydrogen-bond acceptors (Lipinski definition) is 3. The van der Waals surface area contributed by atoms with Crippen LogP contribution in [0.5, 0.6) is 0 Å². The molecule has 0 radical (unpaired) electrons. The molecular formula is C11H16N2O2. The number of carbonyl (C=O) groups excluding carboxylic acids is 1. The maximum absolute atomic E-state index is 11.5. The van der Waals surface area contributed by atoms with E-state index in [1.807, 2.05) is 30.3 Å². The van der Waals surface area contributed by atoms with Gasteiger partial charge in [0.05, 0.1) is 7.11 Å². The van der Waals surface area contributed by atoms with Crippen LogP contribution in [-0.4, -0.2) is 19.1 Å². The summed E-state index contributed by atoms with van der Waals surface area (Å²) in [6.07, 6.45) is 0. The molecule has 1 amide bonds. The fourth-order valence-corrected chi connectivity index (χ4v) is 1.17. The first-order chi connectivity index (χ1) is 7.24. The number of rotatable bonds is 5. The van der Waals surface area contributed by atoms with Crippen molar-refractivity contribution >= 4 is 5.91 Å². The molecule has 0 spiro atoms. The van der Waals surface area contributed by atoms with Crippen molar-refractivity contribution in [3.05, 3.63) is 35.9 Å². The molecule has 4 heteroatoms. The highest BCUT2D eigenvalue weighted by Gasteiger charge is 2.10. The Kier molecular flexibility index (Phi) is 4.80. The summed E-state index contributed by atoms with van der Waals surface area (Å²) in [5.41, 5.74) is 3.65. The van der Waals surface area contributed by atoms with Crippen molar-refractivity contribution in [2.24, 2.45) is 0 Å². The largest absolute Gasteiger partial charge is 0.351 e. The molecule has 1 aromatic carbocycles. The van der Waals surface area contributed by atoms with E-state index in [2.05, 4.69) is 15.6 Å². The molecule has 0 bridgehead atoms. The predicted octanol–water partition coefficient (Wildman–Crippen LogP) is 0.842. The second-order valence-electron chi connectivity index (χ2n) is 3.25. The molecule has 0 aliphatic heterocycles. The fourth-order valence-electron chi connectivity index (χ4n) is 1.17. The topological polar surface area (TPSA) is 50.4 Å². The summed E-state index contributed by atoms with van der Waals surface area (Å²) < 4.78 is 0. The molecule has 0 fully saturated rings. The lowest BCUT2D eigenvalue weighted by atomic mass is 10.2. The number of carbonyl (C=O) groups is 1. The first kappa shape index (κ1) is 11.7. The van der Waals surface area contributed by atoms with Crippen LogP contribution in [0.1, 0.15) is 12.5 Å². The van der Waals surface area contributed by atoms with Crippen molar-refractivity contribution in [3.8, 4) is 0 Å². The molecule has 2 N–H and O–H groups in total. The average Bonchev–Trinajstić information content (AvgIpc) is 2.27. The minimum atomic E-state index is -0.348. The third-order valence-corrected chi connectivity index (χ3v) is 2.00. The van der Waals surface area contributed by atoms with Gasteiger partial charge in [0.25, 0.3) is 0 Å². The van der Waals surface area contributed by atoms with Gasteiger partial charge in [-0.1, -0.05) is 30.3 Å². The predicted molar refractivity (Wildman–Crippen MR) is 57.9 cm³/mol. The lowest BCUT2D eigenvalue weighted by molar-refractivity contribution is -0.126. The van der Waals surface area contributed by atoms with Crippen LogP contribution in [0, 0.1) is 0 Å². The molecule has 82 valence electrons. The minimum absolute atomic E-state index is 0.0827. The van der Waals surface area contributed by atoms with Crippen molar-refractivity contribution in [1.82, 2.24) is 10.8 Å². The summed E-state index contributed by atoms with van der Waals surface area (Å²) in [6.45, 7) is 2.28. The molecule has 15 heavy (non-hydrogen) atoms. The van der Waals surface area contributed by atoms with Gasteiger partial charge in [-0.3, -0.25) is 4.79 Å². The van der Waals surface area contributed by atoms with Gasteiger partial charge in [0.1, 0.15) is 6.04 Å². The van der Waals surface area contributed by atoms with E-state index in [0.717, 1.165) is 5.56 Å². The van der Waals surface area contributed by atoms with Crippen molar-refractivity contribution in [1.29, 1.82) is 0 Å². The molecule has 0 heterocycles. The zero-order chi connectivity index (χ0) is 11.1. The quantitative estimate of drug-likeness (QED) is 0.705. The van der Waals surface area contributed by atoms with E-state index < -0.39 is 0 Å². The van der Waals surface area contributed by atoms with E-state index in [-0.39, 0.29) is 11.9 Å². The summed E-state index contributed by atoms with van der Waals surface area (Å²) in [4.78, 5) is 16.1. The SMILES string of the molecule is CONC(C)C(=O)NCc1ccccc1. The molecule has 1 rings (SSSR count). The summed E-state index contributed by atoms with van der Waals surface area (Å²) >= 11 is 0. The molecule has 1 atom stereocenters. The molecular weight excluding hydrogens is 192 g/mol. The molecule has 1 unspecified atom stereocenters. The number of nitrogens with one attached hydrogen (secondary N) is 2. The number of hydroxylamine groups is 1. The highest BCUT2D eigenvalue weighted by Crippen LogP contribution is 1.97. The van der Waals surface area contributed by atoms with Crippen LogP contribution < -0.4 is 10.8 Å². The summed E-state index contributed by atoms with van der Waals surface area (Å²) in [7, 11) is 1.49. The van der Waals surface area contributed by atoms with Crippen molar-refractivity contribution in [2.75, 3.05) is 7.11 Å². The van der Waals surface area contributed by atoms with E-state index in [9.17, 15) is 4.79 Å². The minimum Gasteiger partial charge on any atom is -0.351 e. The van der Waals surface area contributed by atoms with Gasteiger partial charge in [-0.25, -0.2) is 0 Å². The van der Waals surface area contributed by atoms with Crippen molar-refractivity contribution in [3.63, 3.8) is 0 Å². The Morgan fingerprint density at radius 3 is 2.67 bits per heavy atom. The van der Waals surface area contributed by atoms with E-state index in [1.54, 1.807) is 6.92 Å². The highest BCUT2D eigenvalue weighted by atomic mass is 16.6. The molecule has 0 aliphatic carbocycles. The Labute approximate surface area is 89.6 Å². The number of amides is 1. The molecule has 0 saturated carbocycles. The third kappa shape index (κ3) is 4.10. The molecule has 1 aromatic rings. The van der Waals surface area contributed by atoms with Crippen LogP contribution >= 0.6 is 0 Å². The van der Waals surface area contributed by atoms with Crippen LogP contribution in [0.25, 0.3) is 0 Å². The monoisotopic (exact) mass is 208 g/mol. The lowest BCUT2D eigenvalue weighted by Crippen LogP contribution is -2.41. The van der Waals surface area contributed by atoms with E-state index in [4.69, 9.17) is 0 Å². The summed E-state index contributed by atoms with van der Waals surface area (Å²) in [6, 6.07) is 9.42. The molecule has 0 aromatic heterocycles. The Bertz CT molecular complexity index is 301. The Morgan fingerprint density at radius 2 is 2.07 bits per heavy atom. The summed E-state index contributed by atoms with van der Waals surface area (Å²) in [5.74, 6) is -0.0827. The fraction of sp³-hybridized carbons (Fsp3) is 0.364. The molecule has 4 nitrogen and oxygen atoms in total. The van der Waals surface area contributed by atoms with E-state index in [0.29, 0.717) is 6.54 Å². The zero-order valence-electron chi connectivity index (χ0n) is 8.99. The van der Waals surface area contributed by atoms with Crippen LogP contribution in [0.15, 0.2) is 30.3 Å². The zero-order valence-corrected chi connectivity index (χ0v) is 8.99. The van der Waals surface area contributed by atoms with Gasteiger partial charge in [0.15, 0.2) is 0 Å². The standard InChI is InChI=1S/C11H16N2O2/c1-9(13-15-2)11(14)12-8-10-6-4-3-5-7-10/h3-7,9,13H,8H2,1-2H3,(H,12,14).